The van der Waals surface area contributed by atoms with Crippen molar-refractivity contribution in [1.29, 1.82) is 0 Å². The second kappa shape index (κ2) is 17.1. The molecule has 0 atom stereocenters. The van der Waals surface area contributed by atoms with E-state index in [4.69, 9.17) is 4.11 Å². The van der Waals surface area contributed by atoms with Crippen LogP contribution in [0.4, 0.5) is 0 Å². The summed E-state index contributed by atoms with van der Waals surface area (Å²) in [6, 6.07) is 0. The van der Waals surface area contributed by atoms with Crippen molar-refractivity contribution in [2.45, 2.75) is 45.9 Å². The molecule has 0 spiro atoms. The highest BCUT2D eigenvalue weighted by molar-refractivity contribution is 4.93. The Kier molecular flexibility index (Phi) is 12.2. The maximum absolute atomic E-state index is 5.92. The molecule has 0 aromatic carbocycles. The normalized spacial score (nSPS) is 21.4. The van der Waals surface area contributed by atoms with Crippen molar-refractivity contribution in [3.63, 3.8) is 0 Å². The third kappa shape index (κ3) is 17.3. The third-order valence-corrected chi connectivity index (χ3v) is 2.17. The molecule has 0 nitrogen and oxygen atoms in total. The van der Waals surface area contributed by atoms with Gasteiger partial charge in [-0.15, -0.1) is 0 Å². The molecule has 0 heteroatoms. The highest BCUT2D eigenvalue weighted by Crippen LogP contribution is 2.02. The first kappa shape index (κ1) is 12.2. The van der Waals surface area contributed by atoms with Gasteiger partial charge in [0.2, 0.25) is 0 Å². The van der Waals surface area contributed by atoms with Crippen molar-refractivity contribution in [2.75, 3.05) is 0 Å². The van der Waals surface area contributed by atoms with Gasteiger partial charge in [-0.1, -0.05) is 69.1 Å². The fourth-order valence-corrected chi connectivity index (χ4v) is 1.28. The van der Waals surface area contributed by atoms with Gasteiger partial charge in [-0.3, -0.25) is 0 Å². The molecule has 0 saturated heterocycles. The molecule has 1 rings (SSSR count). The van der Waals surface area contributed by atoms with E-state index < -0.39 is 7.35 Å². The molecule has 0 bridgehead atoms. The molecular weight excluding hydrogens is 204 g/mol. The standard InChI is InChI=1S/C12H18.C4H6.CH4/c1-2-4-6-8-10-12-11-9-7-5-3-1;1-3-4-2;/h1-2,7-10H,3-6,11-12H2;3-4H,1-2H2;1H4/b2-1+,9-7+,10-8?;;/i;;1TD2. The van der Waals surface area contributed by atoms with E-state index in [9.17, 15) is 0 Å². The van der Waals surface area contributed by atoms with Crippen LogP contribution in [0.2, 0.25) is 0 Å². The van der Waals surface area contributed by atoms with Crippen molar-refractivity contribution < 1.29 is 4.11 Å². The maximum atomic E-state index is 5.92. The van der Waals surface area contributed by atoms with Crippen molar-refractivity contribution in [3.8, 4) is 0 Å². The average Bonchev–Trinajstić information content (AvgIpc) is 2.39. The van der Waals surface area contributed by atoms with Gasteiger partial charge in [0.1, 0.15) is 0 Å². The summed E-state index contributed by atoms with van der Waals surface area (Å²) in [7, 11) is -1.42. The molecule has 1 aliphatic carbocycles. The summed E-state index contributed by atoms with van der Waals surface area (Å²) in [5.74, 6) is 0. The largest absolute Gasteiger partial charge is 0.0991 e. The van der Waals surface area contributed by atoms with E-state index in [-0.39, 0.29) is 0 Å². The Balaban J connectivity index is 0. The predicted octanol–water partition coefficient (Wildman–Crippen LogP) is 6.00. The number of allylic oxidation sites excluding steroid dienone is 8. The van der Waals surface area contributed by atoms with Gasteiger partial charge >= 0.3 is 0 Å². The SMILES string of the molecule is C1=CCC/C=C/CC/C=C/CC1.C=CC=C.[2H]C([2H])[3H]. The zero-order valence-electron chi connectivity index (χ0n) is 13.9. The Morgan fingerprint density at radius 3 is 1.12 bits per heavy atom. The molecule has 0 fully saturated rings. The van der Waals surface area contributed by atoms with Crippen molar-refractivity contribution >= 4 is 0 Å². The van der Waals surface area contributed by atoms with E-state index in [1.165, 1.54) is 38.5 Å². The van der Waals surface area contributed by atoms with Gasteiger partial charge in [0, 0.05) is 4.11 Å². The lowest BCUT2D eigenvalue weighted by Crippen LogP contribution is -1.71. The quantitative estimate of drug-likeness (QED) is 0.386. The molecule has 0 unspecified atom stereocenters. The zero-order valence-corrected chi connectivity index (χ0v) is 10.9. The van der Waals surface area contributed by atoms with Crippen LogP contribution in [0.1, 0.15) is 50.0 Å². The molecule has 0 aliphatic heterocycles. The minimum Gasteiger partial charge on any atom is -0.0991 e. The van der Waals surface area contributed by atoms with Gasteiger partial charge in [-0.2, -0.15) is 0 Å². The molecule has 0 heterocycles. The molecule has 0 radical (unpaired) electrons. The Labute approximate surface area is 112 Å². The van der Waals surface area contributed by atoms with Crippen LogP contribution in [-0.4, -0.2) is 0 Å². The van der Waals surface area contributed by atoms with Gasteiger partial charge < -0.3 is 0 Å². The first-order valence-electron chi connectivity index (χ1n) is 7.83. The Bertz CT molecular complexity index is 229. The van der Waals surface area contributed by atoms with Crippen LogP contribution in [0.15, 0.2) is 61.8 Å². The Morgan fingerprint density at radius 2 is 1.00 bits per heavy atom. The fourth-order valence-electron chi connectivity index (χ4n) is 1.28. The summed E-state index contributed by atoms with van der Waals surface area (Å²) in [5, 5.41) is 0. The molecule has 0 saturated carbocycles. The molecule has 96 valence electrons. The Morgan fingerprint density at radius 1 is 0.824 bits per heavy atom. The van der Waals surface area contributed by atoms with Gasteiger partial charge in [0.05, 0.1) is 0 Å². The fraction of sp³-hybridized carbons (Fsp3) is 0.412. The first-order chi connectivity index (χ1) is 9.65. The zero-order chi connectivity index (χ0) is 15.5. The van der Waals surface area contributed by atoms with Crippen LogP contribution in [0.5, 0.6) is 0 Å². The minimum absolute atomic E-state index is 1.21. The maximum Gasteiger partial charge on any atom is 0.0194 e. The lowest BCUT2D eigenvalue weighted by molar-refractivity contribution is 0.962. The molecule has 0 N–H and O–H groups in total. The van der Waals surface area contributed by atoms with E-state index in [1.807, 2.05) is 0 Å². The molecule has 0 aromatic heterocycles. The van der Waals surface area contributed by atoms with Crippen molar-refractivity contribution in [3.05, 3.63) is 61.8 Å². The smallest absolute Gasteiger partial charge is 0.0194 e. The first-order valence-corrected chi connectivity index (χ1v) is 6.10. The van der Waals surface area contributed by atoms with E-state index in [2.05, 4.69) is 49.6 Å². The molecular formula is C17H28. The van der Waals surface area contributed by atoms with Crippen LogP contribution in [0.3, 0.4) is 0 Å². The molecule has 1 aliphatic rings. The number of rotatable bonds is 1. The van der Waals surface area contributed by atoms with E-state index in [0.717, 1.165) is 0 Å². The molecule has 0 amide bonds. The van der Waals surface area contributed by atoms with Crippen LogP contribution < -0.4 is 0 Å². The van der Waals surface area contributed by atoms with E-state index in [1.54, 1.807) is 12.2 Å². The monoisotopic (exact) mass is 236 g/mol. The number of hydrogen-bond donors (Lipinski definition) is 0. The highest BCUT2D eigenvalue weighted by atomic mass is 13.9. The second-order valence-electron chi connectivity index (χ2n) is 3.62. The van der Waals surface area contributed by atoms with Gasteiger partial charge in [-0.25, -0.2) is 0 Å². The van der Waals surface area contributed by atoms with Gasteiger partial charge in [0.25, 0.3) is 0 Å². The Hall–Kier alpha value is -1.30. The van der Waals surface area contributed by atoms with Crippen LogP contribution in [-0.2, 0) is 0 Å². The third-order valence-electron chi connectivity index (χ3n) is 2.17. The summed E-state index contributed by atoms with van der Waals surface area (Å²) >= 11 is 0. The van der Waals surface area contributed by atoms with E-state index >= 15 is 0 Å². The summed E-state index contributed by atoms with van der Waals surface area (Å²) in [4.78, 5) is 0. The summed E-state index contributed by atoms with van der Waals surface area (Å²) in [6.45, 7) is 6.72. The van der Waals surface area contributed by atoms with Crippen LogP contribution >= 0.6 is 0 Å². The topological polar surface area (TPSA) is 0 Å². The van der Waals surface area contributed by atoms with Crippen molar-refractivity contribution in [2.24, 2.45) is 0 Å². The van der Waals surface area contributed by atoms with Gasteiger partial charge in [0.15, 0.2) is 0 Å². The van der Waals surface area contributed by atoms with Crippen molar-refractivity contribution in [1.82, 2.24) is 0 Å². The van der Waals surface area contributed by atoms with Crippen LogP contribution in [0, 0.1) is 0 Å². The van der Waals surface area contributed by atoms with Crippen LogP contribution in [0.25, 0.3) is 0 Å². The number of hydrogen-bond acceptors (Lipinski definition) is 0. The average molecular weight is 236 g/mol. The lowest BCUT2D eigenvalue weighted by Gasteiger charge is -1.92. The molecule has 17 heavy (non-hydrogen) atoms. The summed E-state index contributed by atoms with van der Waals surface area (Å²) in [5.41, 5.74) is 0. The predicted molar refractivity (Wildman–Crippen MR) is 82.2 cm³/mol. The summed E-state index contributed by atoms with van der Waals surface area (Å²) < 4.78 is 17.8. The minimum atomic E-state index is -1.42. The lowest BCUT2D eigenvalue weighted by atomic mass is 10.1. The second-order valence-corrected chi connectivity index (χ2v) is 3.62. The van der Waals surface area contributed by atoms with E-state index in [0.29, 0.717) is 0 Å². The summed E-state index contributed by atoms with van der Waals surface area (Å²) in [6.07, 6.45) is 24.3. The van der Waals surface area contributed by atoms with Gasteiger partial charge in [-0.05, 0) is 38.5 Å². The molecule has 0 aromatic rings. The highest BCUT2D eigenvalue weighted by Gasteiger charge is 1.82.